The van der Waals surface area contributed by atoms with Crippen LogP contribution in [-0.4, -0.2) is 55.2 Å². The molecule has 1 aliphatic carbocycles. The predicted molar refractivity (Wildman–Crippen MR) is 137 cm³/mol. The lowest BCUT2D eigenvalue weighted by Gasteiger charge is -2.34. The fourth-order valence-electron chi connectivity index (χ4n) is 4.42. The van der Waals surface area contributed by atoms with Crippen molar-refractivity contribution in [2.45, 2.75) is 50.7 Å². The van der Waals surface area contributed by atoms with Crippen molar-refractivity contribution in [3.8, 4) is 0 Å². The largest absolute Gasteiger partial charge is 0.466 e. The van der Waals surface area contributed by atoms with Crippen LogP contribution in [0.4, 0.5) is 4.79 Å². The molecule has 190 valence electrons. The van der Waals surface area contributed by atoms with Crippen molar-refractivity contribution in [1.29, 1.82) is 0 Å². The summed E-state index contributed by atoms with van der Waals surface area (Å²) in [5.41, 5.74) is 2.72. The maximum absolute atomic E-state index is 13.6. The van der Waals surface area contributed by atoms with Crippen molar-refractivity contribution < 1.29 is 27.5 Å². The van der Waals surface area contributed by atoms with E-state index in [0.29, 0.717) is 23.1 Å². The van der Waals surface area contributed by atoms with Crippen LogP contribution in [0.15, 0.2) is 59.6 Å². The zero-order chi connectivity index (χ0) is 26.4. The molecule has 1 atom stereocenters. The van der Waals surface area contributed by atoms with Gasteiger partial charge in [0.15, 0.2) is 0 Å². The number of aryl methyl sites for hydroxylation is 1. The highest BCUT2D eigenvalue weighted by atomic mass is 32.2. The summed E-state index contributed by atoms with van der Waals surface area (Å²) < 4.78 is 38.9. The van der Waals surface area contributed by atoms with E-state index < -0.39 is 33.7 Å². The van der Waals surface area contributed by atoms with Gasteiger partial charge in [0.05, 0.1) is 23.6 Å². The van der Waals surface area contributed by atoms with Gasteiger partial charge in [-0.3, -0.25) is 0 Å². The number of esters is 1. The lowest BCUT2D eigenvalue weighted by Crippen LogP contribution is -2.43. The molecular weight excluding hydrogens is 480 g/mol. The van der Waals surface area contributed by atoms with Crippen LogP contribution in [0.5, 0.6) is 0 Å². The van der Waals surface area contributed by atoms with Gasteiger partial charge in [-0.1, -0.05) is 29.8 Å². The van der Waals surface area contributed by atoms with E-state index in [9.17, 15) is 18.0 Å². The quantitative estimate of drug-likeness (QED) is 0.378. The van der Waals surface area contributed by atoms with Gasteiger partial charge >= 0.3 is 12.1 Å². The number of carbonyl (C=O) groups excluding carboxylic acids is 2. The highest BCUT2D eigenvalue weighted by Crippen LogP contribution is 2.40. The van der Waals surface area contributed by atoms with Gasteiger partial charge in [0.25, 0.3) is 10.0 Å². The Kier molecular flexibility index (Phi) is 6.47. The normalized spacial score (nSPS) is 16.7. The Balaban J connectivity index is 1.89. The molecule has 1 aromatic heterocycles. The van der Waals surface area contributed by atoms with Crippen LogP contribution >= 0.6 is 0 Å². The number of hydrogen-bond acceptors (Lipinski definition) is 6. The fraction of sp³-hybridized carbons (Fsp3) is 0.333. The summed E-state index contributed by atoms with van der Waals surface area (Å²) in [5, 5.41) is 0.720. The number of amides is 1. The van der Waals surface area contributed by atoms with Crippen LogP contribution < -0.4 is 0 Å². The number of likely N-dealkylation sites (N-methyl/N-ethyl adjacent to an activating group) is 1. The number of benzene rings is 2. The maximum atomic E-state index is 13.6. The van der Waals surface area contributed by atoms with E-state index in [1.165, 1.54) is 22.1 Å². The van der Waals surface area contributed by atoms with Gasteiger partial charge in [-0.2, -0.15) is 0 Å². The summed E-state index contributed by atoms with van der Waals surface area (Å²) in [6, 6.07) is 11.4. The summed E-state index contributed by atoms with van der Waals surface area (Å²) in [7, 11) is -0.994. The molecule has 0 aliphatic heterocycles. The second-order valence-corrected chi connectivity index (χ2v) is 11.7. The summed E-state index contributed by atoms with van der Waals surface area (Å²) in [5.74, 6) is -0.570. The molecule has 0 saturated heterocycles. The number of methoxy groups -OCH3 is 1. The van der Waals surface area contributed by atoms with E-state index in [2.05, 4.69) is 0 Å². The van der Waals surface area contributed by atoms with Crippen molar-refractivity contribution in [2.75, 3.05) is 14.2 Å². The minimum Gasteiger partial charge on any atom is -0.466 e. The van der Waals surface area contributed by atoms with Gasteiger partial charge in [-0.25, -0.2) is 22.0 Å². The summed E-state index contributed by atoms with van der Waals surface area (Å²) in [4.78, 5) is 26.9. The molecule has 0 unspecified atom stereocenters. The molecule has 0 N–H and O–H groups in total. The standard InChI is InChI=1S/C27H30N2O6S/c1-17-10-12-19(13-11-17)36(32,33)29-16-18-14-23(28(5)26(31)35-27(2,3)4)21(15-24(30)34-6)20-8-7-9-22(29)25(18)20/h7-13,15-16,23H,14H2,1-6H3/b21-15+/t23-/m1/s1. The van der Waals surface area contributed by atoms with E-state index in [1.54, 1.807) is 70.4 Å². The Labute approximate surface area is 211 Å². The van der Waals surface area contributed by atoms with E-state index >= 15 is 0 Å². The van der Waals surface area contributed by atoms with Gasteiger partial charge in [0.1, 0.15) is 5.60 Å². The van der Waals surface area contributed by atoms with Crippen LogP contribution in [0.3, 0.4) is 0 Å². The highest BCUT2D eigenvalue weighted by Gasteiger charge is 2.35. The first kappa shape index (κ1) is 25.5. The predicted octanol–water partition coefficient (Wildman–Crippen LogP) is 4.53. The molecule has 1 heterocycles. The monoisotopic (exact) mass is 510 g/mol. The third-order valence-electron chi connectivity index (χ3n) is 6.16. The lowest BCUT2D eigenvalue weighted by molar-refractivity contribution is -0.134. The Bertz CT molecular complexity index is 1480. The Hall–Kier alpha value is -3.59. The van der Waals surface area contributed by atoms with Crippen LogP contribution in [0, 0.1) is 6.92 Å². The number of aromatic nitrogens is 1. The van der Waals surface area contributed by atoms with E-state index in [4.69, 9.17) is 9.47 Å². The zero-order valence-electron chi connectivity index (χ0n) is 21.2. The number of rotatable bonds is 4. The molecule has 3 aromatic rings. The number of carbonyl (C=O) groups is 2. The van der Waals surface area contributed by atoms with Gasteiger partial charge < -0.3 is 14.4 Å². The molecule has 9 heteroatoms. The molecule has 1 amide bonds. The molecule has 1 aliphatic rings. The topological polar surface area (TPSA) is 94.9 Å². The van der Waals surface area contributed by atoms with Gasteiger partial charge in [0.2, 0.25) is 0 Å². The second-order valence-electron chi connectivity index (χ2n) is 9.90. The fourth-order valence-corrected chi connectivity index (χ4v) is 5.80. The molecule has 0 radical (unpaired) electrons. The van der Waals surface area contributed by atoms with Crippen molar-refractivity contribution in [1.82, 2.24) is 8.87 Å². The lowest BCUT2D eigenvalue weighted by atomic mass is 9.84. The van der Waals surface area contributed by atoms with Crippen molar-refractivity contribution in [3.63, 3.8) is 0 Å². The SMILES string of the molecule is COC(=O)/C=C1\c2cccc3c2c(cn3S(=O)(=O)c2ccc(C)cc2)C[C@H]1N(C)C(=O)OC(C)(C)C. The van der Waals surface area contributed by atoms with Crippen molar-refractivity contribution in [3.05, 3.63) is 71.4 Å². The van der Waals surface area contributed by atoms with Crippen LogP contribution in [0.25, 0.3) is 16.5 Å². The summed E-state index contributed by atoms with van der Waals surface area (Å²) >= 11 is 0. The second kappa shape index (κ2) is 9.13. The van der Waals surface area contributed by atoms with Gasteiger partial charge in [0, 0.05) is 24.7 Å². The average Bonchev–Trinajstić information content (AvgIpc) is 3.19. The Morgan fingerprint density at radius 1 is 1.11 bits per heavy atom. The van der Waals surface area contributed by atoms with Gasteiger partial charge in [-0.15, -0.1) is 0 Å². The van der Waals surface area contributed by atoms with Crippen LogP contribution in [-0.2, 0) is 30.7 Å². The molecule has 0 fully saturated rings. The number of ether oxygens (including phenoxy) is 2. The molecule has 36 heavy (non-hydrogen) atoms. The van der Waals surface area contributed by atoms with Gasteiger partial charge in [-0.05, 0) is 69.0 Å². The molecule has 2 aromatic carbocycles. The first-order chi connectivity index (χ1) is 16.8. The van der Waals surface area contributed by atoms with E-state index in [1.807, 2.05) is 13.0 Å². The third-order valence-corrected chi connectivity index (χ3v) is 7.85. The number of hydrogen-bond donors (Lipinski definition) is 0. The van der Waals surface area contributed by atoms with Crippen molar-refractivity contribution >= 4 is 38.6 Å². The molecular formula is C27H30N2O6S. The Morgan fingerprint density at radius 3 is 2.39 bits per heavy atom. The van der Waals surface area contributed by atoms with E-state index in [-0.39, 0.29) is 4.90 Å². The molecule has 8 nitrogen and oxygen atoms in total. The maximum Gasteiger partial charge on any atom is 0.410 e. The molecule has 0 saturated carbocycles. The summed E-state index contributed by atoms with van der Waals surface area (Å²) in [6.07, 6.45) is 2.71. The van der Waals surface area contributed by atoms with Crippen LogP contribution in [0.1, 0.15) is 37.5 Å². The smallest absolute Gasteiger partial charge is 0.410 e. The molecule has 4 rings (SSSR count). The van der Waals surface area contributed by atoms with Crippen molar-refractivity contribution in [2.24, 2.45) is 0 Å². The van der Waals surface area contributed by atoms with Crippen LogP contribution in [0.2, 0.25) is 0 Å². The molecule has 0 spiro atoms. The first-order valence-electron chi connectivity index (χ1n) is 11.5. The minimum atomic E-state index is -3.88. The first-order valence-corrected chi connectivity index (χ1v) is 13.0. The number of nitrogens with zero attached hydrogens (tertiary/aromatic N) is 2. The average molecular weight is 511 g/mol. The third kappa shape index (κ3) is 4.63. The minimum absolute atomic E-state index is 0.175. The Morgan fingerprint density at radius 2 is 1.78 bits per heavy atom. The summed E-state index contributed by atoms with van der Waals surface area (Å²) in [6.45, 7) is 7.23. The zero-order valence-corrected chi connectivity index (χ0v) is 22.0. The highest BCUT2D eigenvalue weighted by molar-refractivity contribution is 7.90. The molecule has 0 bridgehead atoms. The van der Waals surface area contributed by atoms with E-state index in [0.717, 1.165) is 16.5 Å².